The second-order valence-electron chi connectivity index (χ2n) is 4.72. The quantitative estimate of drug-likeness (QED) is 0.832. The first kappa shape index (κ1) is 11.0. The van der Waals surface area contributed by atoms with Gasteiger partial charge in [0, 0.05) is 16.1 Å². The van der Waals surface area contributed by atoms with Crippen LogP contribution in [0.5, 0.6) is 5.75 Å². The Morgan fingerprint density at radius 3 is 2.95 bits per heavy atom. The average molecular weight is 267 g/mol. The fraction of sp³-hybridized carbons (Fsp3) is 0.125. The molecule has 2 nitrogen and oxygen atoms in total. The summed E-state index contributed by atoms with van der Waals surface area (Å²) in [4.78, 5) is 1.34. The summed E-state index contributed by atoms with van der Waals surface area (Å²) in [5.74, 6) is 0.908. The molecule has 0 saturated heterocycles. The number of thioether (sulfide) groups is 1. The zero-order valence-electron chi connectivity index (χ0n) is 10.5. The van der Waals surface area contributed by atoms with E-state index in [0.717, 1.165) is 5.75 Å². The van der Waals surface area contributed by atoms with Gasteiger partial charge in [-0.15, -0.1) is 0 Å². The van der Waals surface area contributed by atoms with E-state index in [2.05, 4.69) is 47.1 Å². The molecule has 0 fully saturated rings. The lowest BCUT2D eigenvalue weighted by Crippen LogP contribution is -2.08. The number of hydrogen-bond donors (Lipinski definition) is 1. The summed E-state index contributed by atoms with van der Waals surface area (Å²) in [6.45, 7) is 0. The van der Waals surface area contributed by atoms with Gasteiger partial charge in [0.2, 0.25) is 0 Å². The molecule has 4 rings (SSSR count). The second kappa shape index (κ2) is 4.07. The highest BCUT2D eigenvalue weighted by Crippen LogP contribution is 2.51. The maximum absolute atomic E-state index is 5.33. The number of rotatable bonds is 1. The summed E-state index contributed by atoms with van der Waals surface area (Å²) < 4.78 is 5.33. The van der Waals surface area contributed by atoms with Crippen molar-refractivity contribution in [3.63, 3.8) is 0 Å². The van der Waals surface area contributed by atoms with Gasteiger partial charge in [0.15, 0.2) is 0 Å². The Morgan fingerprint density at radius 2 is 2.05 bits per heavy atom. The molecule has 2 aliphatic heterocycles. The highest BCUT2D eigenvalue weighted by atomic mass is 32.2. The third kappa shape index (κ3) is 1.58. The van der Waals surface area contributed by atoms with Crippen LogP contribution in [0.3, 0.4) is 0 Å². The molecule has 3 heteroatoms. The molecule has 1 unspecified atom stereocenters. The van der Waals surface area contributed by atoms with Crippen LogP contribution in [0, 0.1) is 0 Å². The molecule has 0 radical (unpaired) electrons. The smallest absolute Gasteiger partial charge is 0.119 e. The number of benzene rings is 2. The summed E-state index contributed by atoms with van der Waals surface area (Å²) in [6, 6.07) is 15.1. The van der Waals surface area contributed by atoms with Gasteiger partial charge in [0.25, 0.3) is 0 Å². The minimum absolute atomic E-state index is 0.277. The largest absolute Gasteiger partial charge is 0.497 e. The fourth-order valence-corrected chi connectivity index (χ4v) is 3.73. The Kier molecular flexibility index (Phi) is 2.35. The first-order chi connectivity index (χ1) is 9.36. The zero-order chi connectivity index (χ0) is 12.8. The van der Waals surface area contributed by atoms with Crippen LogP contribution >= 0.6 is 11.8 Å². The molecule has 2 aliphatic rings. The molecule has 0 spiro atoms. The molecule has 2 heterocycles. The Labute approximate surface area is 116 Å². The van der Waals surface area contributed by atoms with Gasteiger partial charge in [-0.2, -0.15) is 0 Å². The monoisotopic (exact) mass is 267 g/mol. The standard InChI is InChI=1S/C16H13NOS/c1-18-10-6-7-14-12(8-10)13-9-19-15-5-3-2-4-11(15)16(13)17-14/h2-9,16-17H,1H3. The summed E-state index contributed by atoms with van der Waals surface area (Å²) in [5.41, 5.74) is 5.15. The van der Waals surface area contributed by atoms with Gasteiger partial charge in [-0.05, 0) is 40.8 Å². The molecular formula is C16H13NOS. The van der Waals surface area contributed by atoms with E-state index in [4.69, 9.17) is 4.74 Å². The third-order valence-electron chi connectivity index (χ3n) is 3.69. The third-order valence-corrected chi connectivity index (χ3v) is 4.69. The molecule has 94 valence electrons. The van der Waals surface area contributed by atoms with Crippen LogP contribution in [0.1, 0.15) is 17.2 Å². The number of fused-ring (bicyclic) bond motifs is 5. The molecule has 0 aromatic heterocycles. The van der Waals surface area contributed by atoms with Crippen LogP contribution in [-0.4, -0.2) is 7.11 Å². The van der Waals surface area contributed by atoms with E-state index in [9.17, 15) is 0 Å². The molecule has 19 heavy (non-hydrogen) atoms. The van der Waals surface area contributed by atoms with E-state index >= 15 is 0 Å². The van der Waals surface area contributed by atoms with Gasteiger partial charge in [-0.1, -0.05) is 30.0 Å². The van der Waals surface area contributed by atoms with Gasteiger partial charge in [0.1, 0.15) is 5.75 Å². The van der Waals surface area contributed by atoms with Crippen molar-refractivity contribution in [3.05, 3.63) is 59.0 Å². The van der Waals surface area contributed by atoms with Crippen LogP contribution in [-0.2, 0) is 0 Å². The summed E-state index contributed by atoms with van der Waals surface area (Å²) >= 11 is 1.80. The van der Waals surface area contributed by atoms with E-state index in [0.29, 0.717) is 0 Å². The normalized spacial score (nSPS) is 18.8. The maximum Gasteiger partial charge on any atom is 0.119 e. The van der Waals surface area contributed by atoms with Crippen LogP contribution in [0.15, 0.2) is 52.8 Å². The minimum atomic E-state index is 0.277. The van der Waals surface area contributed by atoms with Gasteiger partial charge < -0.3 is 10.1 Å². The summed E-state index contributed by atoms with van der Waals surface area (Å²) in [5, 5.41) is 5.86. The van der Waals surface area contributed by atoms with Crippen molar-refractivity contribution in [2.45, 2.75) is 10.9 Å². The maximum atomic E-state index is 5.33. The van der Waals surface area contributed by atoms with Gasteiger partial charge in [0.05, 0.1) is 13.2 Å². The SMILES string of the molecule is COc1ccc2c(c1)C1=CSc3ccccc3C1N2. The molecule has 0 aliphatic carbocycles. The van der Waals surface area contributed by atoms with Crippen LogP contribution < -0.4 is 10.1 Å². The Morgan fingerprint density at radius 1 is 1.16 bits per heavy atom. The molecule has 0 saturated carbocycles. The fourth-order valence-electron chi connectivity index (χ4n) is 2.73. The molecule has 1 atom stereocenters. The van der Waals surface area contributed by atoms with Gasteiger partial charge in [-0.25, -0.2) is 0 Å². The molecule has 0 amide bonds. The molecule has 0 bridgehead atoms. The lowest BCUT2D eigenvalue weighted by molar-refractivity contribution is 0.415. The van der Waals surface area contributed by atoms with E-state index in [1.54, 1.807) is 18.9 Å². The Balaban J connectivity index is 1.85. The van der Waals surface area contributed by atoms with Crippen LogP contribution in [0.2, 0.25) is 0 Å². The summed E-state index contributed by atoms with van der Waals surface area (Å²) in [7, 11) is 1.71. The predicted octanol–water partition coefficient (Wildman–Crippen LogP) is 4.31. The molecule has 2 aromatic rings. The molecular weight excluding hydrogens is 254 g/mol. The van der Waals surface area contributed by atoms with Crippen molar-refractivity contribution in [1.29, 1.82) is 0 Å². The lowest BCUT2D eigenvalue weighted by Gasteiger charge is -2.21. The highest BCUT2D eigenvalue weighted by molar-refractivity contribution is 8.02. The average Bonchev–Trinajstić information content (AvgIpc) is 2.85. The number of methoxy groups -OCH3 is 1. The van der Waals surface area contributed by atoms with Crippen molar-refractivity contribution in [3.8, 4) is 5.75 Å². The minimum Gasteiger partial charge on any atom is -0.497 e. The van der Waals surface area contributed by atoms with Crippen LogP contribution in [0.4, 0.5) is 5.69 Å². The zero-order valence-corrected chi connectivity index (χ0v) is 11.3. The van der Waals surface area contributed by atoms with Crippen molar-refractivity contribution in [2.24, 2.45) is 0 Å². The van der Waals surface area contributed by atoms with E-state index in [-0.39, 0.29) is 6.04 Å². The number of anilines is 1. The highest BCUT2D eigenvalue weighted by Gasteiger charge is 2.31. The van der Waals surface area contributed by atoms with Crippen molar-refractivity contribution >= 4 is 23.0 Å². The second-order valence-corrected chi connectivity index (χ2v) is 5.63. The first-order valence-corrected chi connectivity index (χ1v) is 7.15. The van der Waals surface area contributed by atoms with E-state index in [1.807, 2.05) is 6.07 Å². The number of ether oxygens (including phenoxy) is 1. The van der Waals surface area contributed by atoms with Gasteiger partial charge in [-0.3, -0.25) is 0 Å². The van der Waals surface area contributed by atoms with E-state index in [1.165, 1.54) is 27.3 Å². The lowest BCUT2D eigenvalue weighted by atomic mass is 9.97. The number of nitrogens with one attached hydrogen (secondary N) is 1. The molecule has 1 N–H and O–H groups in total. The van der Waals surface area contributed by atoms with Crippen molar-refractivity contribution in [1.82, 2.24) is 0 Å². The first-order valence-electron chi connectivity index (χ1n) is 6.27. The molecule has 2 aromatic carbocycles. The van der Waals surface area contributed by atoms with E-state index < -0.39 is 0 Å². The predicted molar refractivity (Wildman–Crippen MR) is 79.6 cm³/mol. The van der Waals surface area contributed by atoms with Crippen molar-refractivity contribution < 1.29 is 4.74 Å². The Hall–Kier alpha value is -1.87. The summed E-state index contributed by atoms with van der Waals surface area (Å²) in [6.07, 6.45) is 0. The van der Waals surface area contributed by atoms with Crippen LogP contribution in [0.25, 0.3) is 5.57 Å². The Bertz CT molecular complexity index is 693. The van der Waals surface area contributed by atoms with Crippen molar-refractivity contribution in [2.75, 3.05) is 12.4 Å². The number of hydrogen-bond acceptors (Lipinski definition) is 3. The topological polar surface area (TPSA) is 21.3 Å². The van der Waals surface area contributed by atoms with Gasteiger partial charge >= 0.3 is 0 Å².